The van der Waals surface area contributed by atoms with Crippen LogP contribution in [-0.2, 0) is 32.6 Å². The van der Waals surface area contributed by atoms with Gasteiger partial charge in [0.2, 0.25) is 21.8 Å². The summed E-state index contributed by atoms with van der Waals surface area (Å²) in [5, 5.41) is 2.72. The number of amides is 2. The van der Waals surface area contributed by atoms with E-state index in [4.69, 9.17) is 4.74 Å². The summed E-state index contributed by atoms with van der Waals surface area (Å²) in [4.78, 5) is 28.5. The first-order valence-corrected chi connectivity index (χ1v) is 15.3. The molecular formula is C31H39N3O5S. The molecule has 0 saturated heterocycles. The molecule has 1 atom stereocenters. The van der Waals surface area contributed by atoms with Crippen LogP contribution in [0.4, 0.5) is 5.69 Å². The van der Waals surface area contributed by atoms with E-state index in [-0.39, 0.29) is 37.7 Å². The van der Waals surface area contributed by atoms with Gasteiger partial charge < -0.3 is 15.0 Å². The number of aryl methyl sites for hydroxylation is 1. The number of carbonyl (C=O) groups is 2. The van der Waals surface area contributed by atoms with Crippen molar-refractivity contribution in [2.45, 2.75) is 45.7 Å². The van der Waals surface area contributed by atoms with Crippen LogP contribution in [0, 0.1) is 6.92 Å². The third kappa shape index (κ3) is 8.58. The Kier molecular flexibility index (Phi) is 11.1. The number of hydrogen-bond acceptors (Lipinski definition) is 5. The van der Waals surface area contributed by atoms with Crippen LogP contribution in [0.2, 0.25) is 0 Å². The highest BCUT2D eigenvalue weighted by molar-refractivity contribution is 7.92. The lowest BCUT2D eigenvalue weighted by Crippen LogP contribution is -2.49. The molecule has 2 amide bonds. The summed E-state index contributed by atoms with van der Waals surface area (Å²) < 4.78 is 32.4. The number of nitrogens with zero attached hydrogens (tertiary/aromatic N) is 2. The number of benzene rings is 3. The Morgan fingerprint density at radius 2 is 1.62 bits per heavy atom. The third-order valence-corrected chi connectivity index (χ3v) is 7.72. The number of ether oxygens (including phenoxy) is 1. The highest BCUT2D eigenvalue weighted by atomic mass is 32.2. The summed E-state index contributed by atoms with van der Waals surface area (Å²) in [6, 6.07) is 23.7. The minimum Gasteiger partial charge on any atom is -0.492 e. The van der Waals surface area contributed by atoms with Crippen LogP contribution >= 0.6 is 0 Å². The first-order valence-electron chi connectivity index (χ1n) is 13.4. The normalized spacial score (nSPS) is 11.9. The van der Waals surface area contributed by atoms with Crippen molar-refractivity contribution in [2.75, 3.05) is 30.8 Å². The first kappa shape index (κ1) is 30.7. The third-order valence-electron chi connectivity index (χ3n) is 6.54. The van der Waals surface area contributed by atoms with Gasteiger partial charge in [-0.3, -0.25) is 13.9 Å². The average molecular weight is 566 g/mol. The van der Waals surface area contributed by atoms with Crippen molar-refractivity contribution in [2.24, 2.45) is 0 Å². The highest BCUT2D eigenvalue weighted by Gasteiger charge is 2.30. The average Bonchev–Trinajstić information content (AvgIpc) is 2.93. The zero-order valence-electron chi connectivity index (χ0n) is 23.7. The number of hydrogen-bond donors (Lipinski definition) is 1. The molecule has 0 aromatic heterocycles. The van der Waals surface area contributed by atoms with E-state index in [0.29, 0.717) is 24.5 Å². The van der Waals surface area contributed by atoms with Crippen molar-refractivity contribution in [1.29, 1.82) is 0 Å². The van der Waals surface area contributed by atoms with Gasteiger partial charge in [-0.2, -0.15) is 0 Å². The van der Waals surface area contributed by atoms with E-state index in [0.717, 1.165) is 22.9 Å². The van der Waals surface area contributed by atoms with E-state index in [9.17, 15) is 18.0 Å². The fraction of sp³-hybridized carbons (Fsp3) is 0.355. The smallest absolute Gasteiger partial charge is 0.242 e. The summed E-state index contributed by atoms with van der Waals surface area (Å²) >= 11 is 0. The molecular weight excluding hydrogens is 526 g/mol. The van der Waals surface area contributed by atoms with Gasteiger partial charge in [0, 0.05) is 33.0 Å². The SMILES string of the molecule is CCOc1ccccc1N(CCCC(=O)N(Cc1cccc(C)c1)[C@@H](Cc1ccccc1)C(=O)NC)S(C)(=O)=O. The number of anilines is 1. The number of para-hydroxylation sites is 2. The molecule has 0 aliphatic rings. The largest absolute Gasteiger partial charge is 0.492 e. The molecule has 0 radical (unpaired) electrons. The van der Waals surface area contributed by atoms with Crippen LogP contribution in [0.25, 0.3) is 0 Å². The van der Waals surface area contributed by atoms with Crippen molar-refractivity contribution in [3.63, 3.8) is 0 Å². The molecule has 0 fully saturated rings. The summed E-state index contributed by atoms with van der Waals surface area (Å²) in [5.41, 5.74) is 3.34. The molecule has 9 heteroatoms. The lowest BCUT2D eigenvalue weighted by molar-refractivity contribution is -0.141. The minimum atomic E-state index is -3.64. The van der Waals surface area contributed by atoms with Crippen molar-refractivity contribution in [1.82, 2.24) is 10.2 Å². The van der Waals surface area contributed by atoms with Crippen molar-refractivity contribution in [3.8, 4) is 5.75 Å². The number of rotatable bonds is 14. The molecule has 0 heterocycles. The minimum absolute atomic E-state index is 0.0664. The molecule has 214 valence electrons. The Hall–Kier alpha value is -3.85. The summed E-state index contributed by atoms with van der Waals surface area (Å²) in [7, 11) is -2.08. The predicted octanol–water partition coefficient (Wildman–Crippen LogP) is 4.33. The second kappa shape index (κ2) is 14.5. The fourth-order valence-electron chi connectivity index (χ4n) is 4.65. The van der Waals surface area contributed by atoms with Gasteiger partial charge in [0.25, 0.3) is 0 Å². The Morgan fingerprint density at radius 3 is 2.27 bits per heavy atom. The lowest BCUT2D eigenvalue weighted by Gasteiger charge is -2.32. The topological polar surface area (TPSA) is 96.0 Å². The van der Waals surface area contributed by atoms with Crippen molar-refractivity contribution >= 4 is 27.5 Å². The molecule has 8 nitrogen and oxygen atoms in total. The van der Waals surface area contributed by atoms with Gasteiger partial charge in [0.05, 0.1) is 18.6 Å². The second-order valence-corrected chi connectivity index (χ2v) is 11.6. The van der Waals surface area contributed by atoms with Gasteiger partial charge in [0.15, 0.2) is 0 Å². The summed E-state index contributed by atoms with van der Waals surface area (Å²) in [6.07, 6.45) is 1.83. The van der Waals surface area contributed by atoms with Gasteiger partial charge in [0.1, 0.15) is 11.8 Å². The zero-order chi connectivity index (χ0) is 29.1. The van der Waals surface area contributed by atoms with Gasteiger partial charge >= 0.3 is 0 Å². The molecule has 40 heavy (non-hydrogen) atoms. The predicted molar refractivity (Wildman–Crippen MR) is 159 cm³/mol. The number of nitrogens with one attached hydrogen (secondary N) is 1. The molecule has 0 bridgehead atoms. The Balaban J connectivity index is 1.86. The maximum atomic E-state index is 13.8. The van der Waals surface area contributed by atoms with Crippen LogP contribution < -0.4 is 14.4 Å². The quantitative estimate of drug-likeness (QED) is 0.314. The van der Waals surface area contributed by atoms with Crippen LogP contribution in [0.15, 0.2) is 78.9 Å². The number of carbonyl (C=O) groups excluding carboxylic acids is 2. The highest BCUT2D eigenvalue weighted by Crippen LogP contribution is 2.30. The summed E-state index contributed by atoms with van der Waals surface area (Å²) in [6.45, 7) is 4.56. The first-order chi connectivity index (χ1) is 19.1. The Bertz CT molecular complexity index is 1380. The molecule has 0 aliphatic carbocycles. The van der Waals surface area contributed by atoms with E-state index in [1.54, 1.807) is 36.2 Å². The van der Waals surface area contributed by atoms with Gasteiger partial charge in [-0.1, -0.05) is 72.3 Å². The molecule has 0 unspecified atom stereocenters. The maximum Gasteiger partial charge on any atom is 0.242 e. The fourth-order valence-corrected chi connectivity index (χ4v) is 5.62. The van der Waals surface area contributed by atoms with Crippen molar-refractivity contribution in [3.05, 3.63) is 95.6 Å². The molecule has 0 saturated carbocycles. The van der Waals surface area contributed by atoms with E-state index >= 15 is 0 Å². The lowest BCUT2D eigenvalue weighted by atomic mass is 10.0. The molecule has 3 aromatic carbocycles. The summed E-state index contributed by atoms with van der Waals surface area (Å²) in [5.74, 6) is -0.0174. The second-order valence-electron chi connectivity index (χ2n) is 9.67. The van der Waals surface area contributed by atoms with Gasteiger partial charge in [-0.05, 0) is 43.5 Å². The maximum absolute atomic E-state index is 13.8. The number of sulfonamides is 1. The molecule has 3 rings (SSSR count). The van der Waals surface area contributed by atoms with Gasteiger partial charge in [-0.25, -0.2) is 8.42 Å². The standard InChI is InChI=1S/C31H39N3O5S/c1-5-39-29-18-10-9-17-27(29)34(40(4,37)38)20-12-19-30(35)33(23-26-16-11-13-24(2)21-26)28(31(36)32-3)22-25-14-7-6-8-15-25/h6-11,13-18,21,28H,5,12,19-20,22-23H2,1-4H3,(H,32,36)/t28-/m0/s1. The van der Waals surface area contributed by atoms with Gasteiger partial charge in [-0.15, -0.1) is 0 Å². The van der Waals surface area contributed by atoms with Crippen molar-refractivity contribution < 1.29 is 22.7 Å². The monoisotopic (exact) mass is 565 g/mol. The number of likely N-dealkylation sites (N-methyl/N-ethyl adjacent to an activating group) is 1. The molecule has 3 aromatic rings. The van der Waals surface area contributed by atoms with E-state index in [2.05, 4.69) is 5.32 Å². The van der Waals surface area contributed by atoms with E-state index in [1.165, 1.54) is 4.31 Å². The van der Waals surface area contributed by atoms with Crippen LogP contribution in [0.5, 0.6) is 5.75 Å². The van der Waals surface area contributed by atoms with E-state index < -0.39 is 16.1 Å². The zero-order valence-corrected chi connectivity index (χ0v) is 24.5. The van der Waals surface area contributed by atoms with Crippen LogP contribution in [-0.4, -0.2) is 57.6 Å². The van der Waals surface area contributed by atoms with Crippen LogP contribution in [0.1, 0.15) is 36.5 Å². The Morgan fingerprint density at radius 1 is 0.950 bits per heavy atom. The molecule has 0 spiro atoms. The van der Waals surface area contributed by atoms with E-state index in [1.807, 2.05) is 68.4 Å². The molecule has 0 aliphatic heterocycles. The van der Waals surface area contributed by atoms with Crippen LogP contribution in [0.3, 0.4) is 0 Å². The Labute approximate surface area is 238 Å². The molecule has 1 N–H and O–H groups in total.